The fourth-order valence-corrected chi connectivity index (χ4v) is 1.14. The van der Waals surface area contributed by atoms with Gasteiger partial charge in [-0.25, -0.2) is 0 Å². The maximum Gasteiger partial charge on any atom is 0.304 e. The van der Waals surface area contributed by atoms with Crippen LogP contribution in [0.2, 0.25) is 0 Å². The highest BCUT2D eigenvalue weighted by Crippen LogP contribution is 2.07. The Balaban J connectivity index is 0.000000810. The van der Waals surface area contributed by atoms with Crippen LogP contribution in [0.25, 0.3) is 0 Å². The molecule has 1 heterocycles. The van der Waals surface area contributed by atoms with Gasteiger partial charge in [0.2, 0.25) is 0 Å². The van der Waals surface area contributed by atoms with E-state index >= 15 is 0 Å². The zero-order chi connectivity index (χ0) is 6.69. The number of hydrogen-bond donors (Lipinski definition) is 2. The van der Waals surface area contributed by atoms with Crippen molar-refractivity contribution in [2.75, 3.05) is 6.54 Å². The summed E-state index contributed by atoms with van der Waals surface area (Å²) in [6, 6.07) is 0.238. The Hall–Kier alpha value is -0.280. The maximum atomic E-state index is 10.1. The van der Waals surface area contributed by atoms with Gasteiger partial charge >= 0.3 is 5.97 Å². The van der Waals surface area contributed by atoms with Crippen molar-refractivity contribution in [3.05, 3.63) is 0 Å². The molecule has 10 heavy (non-hydrogen) atoms. The van der Waals surface area contributed by atoms with Crippen LogP contribution in [-0.2, 0) is 4.79 Å². The summed E-state index contributed by atoms with van der Waals surface area (Å²) in [4.78, 5) is 10.1. The zero-order valence-corrected chi connectivity index (χ0v) is 6.49. The number of carboxylic acid groups (broad SMARTS) is 1. The van der Waals surface area contributed by atoms with E-state index in [-0.39, 0.29) is 24.9 Å². The standard InChI is InChI=1S/C6H11NO2.ClH/c8-6(9)4-5-2-1-3-7-5;/h5,7H,1-4H2,(H,8,9);1H. The molecule has 0 aliphatic carbocycles. The Kier molecular flexibility index (Phi) is 4.40. The molecule has 0 saturated carbocycles. The van der Waals surface area contributed by atoms with Crippen molar-refractivity contribution < 1.29 is 9.90 Å². The minimum atomic E-state index is -0.700. The summed E-state index contributed by atoms with van der Waals surface area (Å²) in [7, 11) is 0. The average Bonchev–Trinajstić information content (AvgIpc) is 2.15. The second-order valence-corrected chi connectivity index (χ2v) is 2.39. The Morgan fingerprint density at radius 3 is 2.80 bits per heavy atom. The molecule has 1 aliphatic heterocycles. The van der Waals surface area contributed by atoms with E-state index in [4.69, 9.17) is 5.11 Å². The summed E-state index contributed by atoms with van der Waals surface area (Å²) in [6.07, 6.45) is 2.42. The van der Waals surface area contributed by atoms with Gasteiger partial charge in [-0.1, -0.05) is 0 Å². The molecule has 0 aromatic carbocycles. The molecule has 0 bridgehead atoms. The van der Waals surface area contributed by atoms with Gasteiger partial charge < -0.3 is 10.4 Å². The predicted octanol–water partition coefficient (Wildman–Crippen LogP) is 0.635. The first-order valence-electron chi connectivity index (χ1n) is 3.24. The third kappa shape index (κ3) is 3.03. The molecule has 0 spiro atoms. The molecular formula is C6H12ClNO2. The fraction of sp³-hybridized carbons (Fsp3) is 0.833. The number of nitrogens with one attached hydrogen (secondary N) is 1. The van der Waals surface area contributed by atoms with Crippen LogP contribution in [0.15, 0.2) is 0 Å². The van der Waals surface area contributed by atoms with Crippen molar-refractivity contribution in [2.45, 2.75) is 25.3 Å². The minimum absolute atomic E-state index is 0. The summed E-state index contributed by atoms with van der Waals surface area (Å²) < 4.78 is 0. The van der Waals surface area contributed by atoms with Crippen LogP contribution < -0.4 is 5.32 Å². The highest BCUT2D eigenvalue weighted by atomic mass is 35.5. The normalized spacial score (nSPS) is 23.8. The monoisotopic (exact) mass is 165 g/mol. The summed E-state index contributed by atoms with van der Waals surface area (Å²) in [5.74, 6) is -0.700. The van der Waals surface area contributed by atoms with Gasteiger partial charge in [0.25, 0.3) is 0 Å². The lowest BCUT2D eigenvalue weighted by molar-refractivity contribution is -0.137. The van der Waals surface area contributed by atoms with E-state index in [9.17, 15) is 4.79 Å². The smallest absolute Gasteiger partial charge is 0.304 e. The molecule has 2 N–H and O–H groups in total. The number of rotatable bonds is 2. The Labute approximate surface area is 66.2 Å². The predicted molar refractivity (Wildman–Crippen MR) is 40.5 cm³/mol. The van der Waals surface area contributed by atoms with Crippen LogP contribution in [0.3, 0.4) is 0 Å². The molecule has 0 radical (unpaired) electrons. The summed E-state index contributed by atoms with van der Waals surface area (Å²) >= 11 is 0. The Bertz CT molecular complexity index is 112. The third-order valence-electron chi connectivity index (χ3n) is 1.58. The summed E-state index contributed by atoms with van der Waals surface area (Å²) in [6.45, 7) is 0.984. The van der Waals surface area contributed by atoms with Crippen LogP contribution in [0.5, 0.6) is 0 Å². The molecule has 1 atom stereocenters. The molecule has 4 heteroatoms. The first-order valence-corrected chi connectivity index (χ1v) is 3.24. The molecule has 0 amide bonds. The average molecular weight is 166 g/mol. The van der Waals surface area contributed by atoms with Crippen molar-refractivity contribution in [3.8, 4) is 0 Å². The van der Waals surface area contributed by atoms with Crippen molar-refractivity contribution in [1.29, 1.82) is 0 Å². The number of aliphatic carboxylic acids is 1. The molecular weight excluding hydrogens is 154 g/mol. The van der Waals surface area contributed by atoms with Gasteiger partial charge in [-0.15, -0.1) is 12.4 Å². The van der Waals surface area contributed by atoms with Crippen LogP contribution in [0.1, 0.15) is 19.3 Å². The summed E-state index contributed by atoms with van der Waals surface area (Å²) in [5, 5.41) is 11.4. The van der Waals surface area contributed by atoms with Gasteiger partial charge in [0, 0.05) is 6.04 Å². The van der Waals surface area contributed by atoms with Crippen molar-refractivity contribution in [3.63, 3.8) is 0 Å². The molecule has 1 aliphatic rings. The van der Waals surface area contributed by atoms with Crippen LogP contribution in [-0.4, -0.2) is 23.7 Å². The minimum Gasteiger partial charge on any atom is -0.481 e. The number of carboxylic acids is 1. The SMILES string of the molecule is Cl.O=C(O)CC1CCCN1. The fourth-order valence-electron chi connectivity index (χ4n) is 1.14. The molecule has 3 nitrogen and oxygen atoms in total. The Morgan fingerprint density at radius 2 is 2.40 bits per heavy atom. The van der Waals surface area contributed by atoms with E-state index in [1.54, 1.807) is 0 Å². The molecule has 60 valence electrons. The topological polar surface area (TPSA) is 49.3 Å². The first kappa shape index (κ1) is 9.72. The van der Waals surface area contributed by atoms with E-state index in [2.05, 4.69) is 5.32 Å². The van der Waals surface area contributed by atoms with Crippen LogP contribution in [0.4, 0.5) is 0 Å². The lowest BCUT2D eigenvalue weighted by atomic mass is 10.2. The van der Waals surface area contributed by atoms with Gasteiger partial charge in [0.05, 0.1) is 6.42 Å². The first-order chi connectivity index (χ1) is 4.29. The second-order valence-electron chi connectivity index (χ2n) is 2.39. The summed E-state index contributed by atoms with van der Waals surface area (Å²) in [5.41, 5.74) is 0. The van der Waals surface area contributed by atoms with Gasteiger partial charge in [-0.3, -0.25) is 4.79 Å². The lowest BCUT2D eigenvalue weighted by Crippen LogP contribution is -2.24. The van der Waals surface area contributed by atoms with Gasteiger partial charge in [-0.05, 0) is 19.4 Å². The van der Waals surface area contributed by atoms with E-state index in [1.807, 2.05) is 0 Å². The zero-order valence-electron chi connectivity index (χ0n) is 5.67. The van der Waals surface area contributed by atoms with Crippen molar-refractivity contribution in [1.82, 2.24) is 5.32 Å². The van der Waals surface area contributed by atoms with Gasteiger partial charge in [0.15, 0.2) is 0 Å². The molecule has 1 fully saturated rings. The molecule has 1 rings (SSSR count). The third-order valence-corrected chi connectivity index (χ3v) is 1.58. The largest absolute Gasteiger partial charge is 0.481 e. The van der Waals surface area contributed by atoms with Gasteiger partial charge in [0.1, 0.15) is 0 Å². The van der Waals surface area contributed by atoms with E-state index in [0.717, 1.165) is 19.4 Å². The van der Waals surface area contributed by atoms with E-state index in [0.29, 0.717) is 0 Å². The molecule has 1 saturated heterocycles. The Morgan fingerprint density at radius 1 is 1.70 bits per heavy atom. The molecule has 1 unspecified atom stereocenters. The number of hydrogen-bond acceptors (Lipinski definition) is 2. The van der Waals surface area contributed by atoms with Crippen LogP contribution >= 0.6 is 12.4 Å². The van der Waals surface area contributed by atoms with E-state index in [1.165, 1.54) is 0 Å². The number of halogens is 1. The van der Waals surface area contributed by atoms with Crippen LogP contribution in [0, 0.1) is 0 Å². The number of carbonyl (C=O) groups is 1. The van der Waals surface area contributed by atoms with Gasteiger partial charge in [-0.2, -0.15) is 0 Å². The second kappa shape index (κ2) is 4.52. The maximum absolute atomic E-state index is 10.1. The molecule has 0 aromatic heterocycles. The van der Waals surface area contributed by atoms with Crippen molar-refractivity contribution in [2.24, 2.45) is 0 Å². The lowest BCUT2D eigenvalue weighted by Gasteiger charge is -2.03. The highest BCUT2D eigenvalue weighted by Gasteiger charge is 2.16. The van der Waals surface area contributed by atoms with Crippen molar-refractivity contribution >= 4 is 18.4 Å². The highest BCUT2D eigenvalue weighted by molar-refractivity contribution is 5.85. The molecule has 0 aromatic rings. The quantitative estimate of drug-likeness (QED) is 0.631. The van der Waals surface area contributed by atoms with E-state index < -0.39 is 5.97 Å².